The highest BCUT2D eigenvalue weighted by atomic mass is 16.4. The van der Waals surface area contributed by atoms with Crippen molar-refractivity contribution in [3.05, 3.63) is 17.9 Å². The SMILES string of the molecule is CC1(C)C(c2nnc(/C=C/C(=O)O)o2)C1(C)C. The van der Waals surface area contributed by atoms with Crippen molar-refractivity contribution >= 4 is 12.0 Å². The first-order valence-corrected chi connectivity index (χ1v) is 5.51. The van der Waals surface area contributed by atoms with Crippen LogP contribution in [0.15, 0.2) is 10.5 Å². The van der Waals surface area contributed by atoms with Crippen molar-refractivity contribution in [1.82, 2.24) is 10.2 Å². The monoisotopic (exact) mass is 236 g/mol. The second kappa shape index (κ2) is 3.42. The molecule has 0 bridgehead atoms. The van der Waals surface area contributed by atoms with Gasteiger partial charge < -0.3 is 9.52 Å². The lowest BCUT2D eigenvalue weighted by atomic mass is 10.0. The summed E-state index contributed by atoms with van der Waals surface area (Å²) in [5, 5.41) is 16.3. The fraction of sp³-hybridized carbons (Fsp3) is 0.583. The number of carboxylic acid groups (broad SMARTS) is 1. The van der Waals surface area contributed by atoms with Crippen LogP contribution in [0.2, 0.25) is 0 Å². The quantitative estimate of drug-likeness (QED) is 0.815. The minimum atomic E-state index is -1.03. The molecule has 0 atom stereocenters. The molecule has 17 heavy (non-hydrogen) atoms. The van der Waals surface area contributed by atoms with Gasteiger partial charge in [-0.15, -0.1) is 10.2 Å². The molecule has 1 saturated carbocycles. The summed E-state index contributed by atoms with van der Waals surface area (Å²) in [6.45, 7) is 8.65. The highest BCUT2D eigenvalue weighted by Gasteiger charge is 2.67. The molecule has 1 N–H and O–H groups in total. The second-order valence-corrected chi connectivity index (χ2v) is 5.53. The maximum atomic E-state index is 10.4. The summed E-state index contributed by atoms with van der Waals surface area (Å²) >= 11 is 0. The molecule has 5 nitrogen and oxygen atoms in total. The number of aromatic nitrogens is 2. The van der Waals surface area contributed by atoms with Gasteiger partial charge in [-0.1, -0.05) is 27.7 Å². The number of nitrogens with zero attached hydrogens (tertiary/aromatic N) is 2. The summed E-state index contributed by atoms with van der Waals surface area (Å²) in [7, 11) is 0. The molecule has 0 aliphatic heterocycles. The summed E-state index contributed by atoms with van der Waals surface area (Å²) in [4.78, 5) is 10.4. The molecule has 0 amide bonds. The van der Waals surface area contributed by atoms with Crippen LogP contribution >= 0.6 is 0 Å². The van der Waals surface area contributed by atoms with E-state index in [1.54, 1.807) is 0 Å². The number of aliphatic carboxylic acids is 1. The van der Waals surface area contributed by atoms with Gasteiger partial charge in [0, 0.05) is 18.1 Å². The van der Waals surface area contributed by atoms with E-state index in [1.165, 1.54) is 6.08 Å². The third kappa shape index (κ3) is 1.75. The van der Waals surface area contributed by atoms with Gasteiger partial charge in [0.1, 0.15) is 0 Å². The van der Waals surface area contributed by atoms with Crippen LogP contribution in [0.5, 0.6) is 0 Å². The summed E-state index contributed by atoms with van der Waals surface area (Å²) in [5.74, 6) is 0.0252. The second-order valence-electron chi connectivity index (χ2n) is 5.53. The number of carboxylic acids is 1. The lowest BCUT2D eigenvalue weighted by Crippen LogP contribution is -1.95. The summed E-state index contributed by atoms with van der Waals surface area (Å²) in [5.41, 5.74) is 0.265. The molecule has 92 valence electrons. The molecular weight excluding hydrogens is 220 g/mol. The molecule has 0 aromatic carbocycles. The highest BCUT2D eigenvalue weighted by Crippen LogP contribution is 2.73. The normalized spacial score (nSPS) is 21.9. The molecule has 1 aliphatic rings. The largest absolute Gasteiger partial charge is 0.478 e. The van der Waals surface area contributed by atoms with E-state index >= 15 is 0 Å². The Hall–Kier alpha value is -1.65. The van der Waals surface area contributed by atoms with Crippen molar-refractivity contribution in [1.29, 1.82) is 0 Å². The van der Waals surface area contributed by atoms with E-state index in [1.807, 2.05) is 0 Å². The predicted molar refractivity (Wildman–Crippen MR) is 61.3 cm³/mol. The topological polar surface area (TPSA) is 76.2 Å². The first kappa shape index (κ1) is 11.8. The Morgan fingerprint density at radius 2 is 1.88 bits per heavy atom. The highest BCUT2D eigenvalue weighted by molar-refractivity contribution is 5.84. The van der Waals surface area contributed by atoms with Crippen LogP contribution in [0.4, 0.5) is 0 Å². The van der Waals surface area contributed by atoms with Crippen molar-refractivity contribution in [2.75, 3.05) is 0 Å². The maximum Gasteiger partial charge on any atom is 0.328 e. The van der Waals surface area contributed by atoms with E-state index in [-0.39, 0.29) is 22.6 Å². The van der Waals surface area contributed by atoms with Gasteiger partial charge >= 0.3 is 5.97 Å². The van der Waals surface area contributed by atoms with Crippen molar-refractivity contribution in [3.8, 4) is 0 Å². The van der Waals surface area contributed by atoms with Crippen LogP contribution in [0.1, 0.15) is 45.4 Å². The average molecular weight is 236 g/mol. The third-order valence-corrected chi connectivity index (χ3v) is 4.09. The van der Waals surface area contributed by atoms with Gasteiger partial charge in [-0.3, -0.25) is 0 Å². The van der Waals surface area contributed by atoms with Crippen LogP contribution in [0.3, 0.4) is 0 Å². The Kier molecular flexibility index (Phi) is 2.38. The standard InChI is InChI=1S/C12H16N2O3/c1-11(2)9(12(11,3)4)10-14-13-7(17-10)5-6-8(15)16/h5-6,9H,1-4H3,(H,15,16)/b6-5+. The van der Waals surface area contributed by atoms with Gasteiger partial charge in [0.2, 0.25) is 11.8 Å². The van der Waals surface area contributed by atoms with E-state index < -0.39 is 5.97 Å². The first-order valence-electron chi connectivity index (χ1n) is 5.51. The number of hydrogen-bond acceptors (Lipinski definition) is 4. The Morgan fingerprint density at radius 1 is 1.29 bits per heavy atom. The van der Waals surface area contributed by atoms with E-state index in [4.69, 9.17) is 9.52 Å². The van der Waals surface area contributed by atoms with Gasteiger partial charge in [-0.25, -0.2) is 4.79 Å². The predicted octanol–water partition coefficient (Wildman–Crippen LogP) is 2.32. The van der Waals surface area contributed by atoms with Crippen LogP contribution in [0.25, 0.3) is 6.08 Å². The molecule has 0 saturated heterocycles. The number of rotatable bonds is 3. The number of carbonyl (C=O) groups is 1. The Balaban J connectivity index is 2.19. The minimum Gasteiger partial charge on any atom is -0.478 e. The molecule has 1 aliphatic carbocycles. The average Bonchev–Trinajstić information content (AvgIpc) is 2.55. The van der Waals surface area contributed by atoms with Crippen LogP contribution in [0, 0.1) is 10.8 Å². The smallest absolute Gasteiger partial charge is 0.328 e. The zero-order valence-electron chi connectivity index (χ0n) is 10.4. The van der Waals surface area contributed by atoms with E-state index in [0.717, 1.165) is 6.08 Å². The molecule has 1 fully saturated rings. The number of hydrogen-bond donors (Lipinski definition) is 1. The fourth-order valence-electron chi connectivity index (χ4n) is 2.39. The lowest BCUT2D eigenvalue weighted by molar-refractivity contribution is -0.131. The molecule has 0 spiro atoms. The Morgan fingerprint density at radius 3 is 2.35 bits per heavy atom. The van der Waals surface area contributed by atoms with Gasteiger partial charge in [0.05, 0.1) is 0 Å². The van der Waals surface area contributed by atoms with Crippen molar-refractivity contribution in [3.63, 3.8) is 0 Å². The van der Waals surface area contributed by atoms with Gasteiger partial charge in [0.15, 0.2) is 0 Å². The van der Waals surface area contributed by atoms with Crippen molar-refractivity contribution < 1.29 is 14.3 Å². The van der Waals surface area contributed by atoms with Gasteiger partial charge in [0.25, 0.3) is 0 Å². The zero-order chi connectivity index (χ0) is 12.8. The molecule has 5 heteroatoms. The molecule has 2 rings (SSSR count). The maximum absolute atomic E-state index is 10.4. The summed E-state index contributed by atoms with van der Waals surface area (Å²) in [6, 6.07) is 0. The molecule has 1 aromatic rings. The Labute approximate surface area is 99.5 Å². The van der Waals surface area contributed by atoms with Gasteiger partial charge in [-0.05, 0) is 10.8 Å². The van der Waals surface area contributed by atoms with Gasteiger partial charge in [-0.2, -0.15) is 0 Å². The molecule has 1 heterocycles. The Bertz CT molecular complexity index is 472. The molecular formula is C12H16N2O3. The third-order valence-electron chi connectivity index (χ3n) is 4.09. The molecule has 1 aromatic heterocycles. The lowest BCUT2D eigenvalue weighted by Gasteiger charge is -2.03. The van der Waals surface area contributed by atoms with E-state index in [2.05, 4.69) is 37.9 Å². The van der Waals surface area contributed by atoms with Crippen molar-refractivity contribution in [2.24, 2.45) is 10.8 Å². The first-order chi connectivity index (χ1) is 7.76. The van der Waals surface area contributed by atoms with E-state index in [0.29, 0.717) is 5.89 Å². The minimum absolute atomic E-state index is 0.132. The summed E-state index contributed by atoms with van der Waals surface area (Å²) in [6.07, 6.45) is 2.29. The van der Waals surface area contributed by atoms with Crippen LogP contribution in [-0.2, 0) is 4.79 Å². The van der Waals surface area contributed by atoms with E-state index in [9.17, 15) is 4.79 Å². The zero-order valence-corrected chi connectivity index (χ0v) is 10.4. The fourth-order valence-corrected chi connectivity index (χ4v) is 2.39. The molecule has 0 unspecified atom stereocenters. The molecule has 0 radical (unpaired) electrons. The summed E-state index contributed by atoms with van der Waals surface area (Å²) < 4.78 is 5.46. The van der Waals surface area contributed by atoms with Crippen LogP contribution < -0.4 is 0 Å². The van der Waals surface area contributed by atoms with Crippen molar-refractivity contribution in [2.45, 2.75) is 33.6 Å². The van der Waals surface area contributed by atoms with Crippen LogP contribution in [-0.4, -0.2) is 21.3 Å².